The van der Waals surface area contributed by atoms with Crippen molar-refractivity contribution < 1.29 is 4.79 Å². The third kappa shape index (κ3) is 2.37. The van der Waals surface area contributed by atoms with Crippen LogP contribution in [-0.4, -0.2) is 5.78 Å². The Morgan fingerprint density at radius 2 is 1.92 bits per heavy atom. The van der Waals surface area contributed by atoms with Crippen LogP contribution in [0.3, 0.4) is 0 Å². The summed E-state index contributed by atoms with van der Waals surface area (Å²) in [5, 5.41) is 0. The minimum Gasteiger partial charge on any atom is -0.295 e. The fourth-order valence-electron chi connectivity index (χ4n) is 7.18. The summed E-state index contributed by atoms with van der Waals surface area (Å²) in [5.74, 6) is 2.00. The molecule has 0 aromatic carbocycles. The van der Waals surface area contributed by atoms with Crippen molar-refractivity contribution in [1.29, 1.82) is 0 Å². The zero-order valence-electron chi connectivity index (χ0n) is 16.8. The second kappa shape index (κ2) is 5.83. The van der Waals surface area contributed by atoms with Crippen LogP contribution in [0.5, 0.6) is 0 Å². The van der Waals surface area contributed by atoms with E-state index in [0.29, 0.717) is 16.6 Å². The summed E-state index contributed by atoms with van der Waals surface area (Å²) in [7, 11) is 0. The molecule has 0 aliphatic heterocycles. The van der Waals surface area contributed by atoms with Crippen LogP contribution in [0.4, 0.5) is 0 Å². The van der Waals surface area contributed by atoms with Crippen molar-refractivity contribution in [3.05, 3.63) is 23.3 Å². The molecule has 2 fully saturated rings. The van der Waals surface area contributed by atoms with E-state index < -0.39 is 0 Å². The van der Waals surface area contributed by atoms with Gasteiger partial charge in [-0.2, -0.15) is 0 Å². The highest BCUT2D eigenvalue weighted by Gasteiger charge is 2.59. The Hall–Kier alpha value is -0.850. The lowest BCUT2D eigenvalue weighted by atomic mass is 9.49. The highest BCUT2D eigenvalue weighted by Crippen LogP contribution is 2.69. The maximum absolute atomic E-state index is 11.9. The minimum absolute atomic E-state index is 0.195. The number of hydrogen-bond acceptors (Lipinski definition) is 1. The highest BCUT2D eigenvalue weighted by molar-refractivity contribution is 5.92. The van der Waals surface area contributed by atoms with Crippen molar-refractivity contribution in [1.82, 2.24) is 0 Å². The molecular weight excluding hydrogens is 304 g/mol. The number of ketones is 1. The van der Waals surface area contributed by atoms with E-state index in [-0.39, 0.29) is 5.41 Å². The summed E-state index contributed by atoms with van der Waals surface area (Å²) in [6, 6.07) is 0. The van der Waals surface area contributed by atoms with Crippen molar-refractivity contribution in [2.24, 2.45) is 28.1 Å². The van der Waals surface area contributed by atoms with E-state index >= 15 is 0 Å². The molecule has 0 N–H and O–H groups in total. The second-order valence-electron chi connectivity index (χ2n) is 10.2. The van der Waals surface area contributed by atoms with Gasteiger partial charge in [0.25, 0.3) is 0 Å². The second-order valence-corrected chi connectivity index (χ2v) is 10.2. The average Bonchev–Trinajstić information content (AvgIpc) is 2.85. The molecule has 4 aliphatic rings. The van der Waals surface area contributed by atoms with Crippen molar-refractivity contribution in [2.75, 3.05) is 0 Å². The van der Waals surface area contributed by atoms with Crippen LogP contribution in [0.25, 0.3) is 0 Å². The van der Waals surface area contributed by atoms with Gasteiger partial charge < -0.3 is 0 Å². The zero-order chi connectivity index (χ0) is 17.9. The number of rotatable bonds is 3. The Kier molecular flexibility index (Phi) is 4.09. The van der Waals surface area contributed by atoms with Crippen molar-refractivity contribution in [3.8, 4) is 0 Å². The summed E-state index contributed by atoms with van der Waals surface area (Å²) in [4.78, 5) is 11.9. The molecule has 138 valence electrons. The average molecular weight is 341 g/mol. The Labute approximate surface area is 154 Å². The van der Waals surface area contributed by atoms with Gasteiger partial charge in [-0.15, -0.1) is 0 Å². The summed E-state index contributed by atoms with van der Waals surface area (Å²) >= 11 is 0. The van der Waals surface area contributed by atoms with Gasteiger partial charge in [0.15, 0.2) is 5.78 Å². The molecule has 0 aromatic heterocycles. The van der Waals surface area contributed by atoms with Gasteiger partial charge in [-0.25, -0.2) is 0 Å². The third-order valence-electron chi connectivity index (χ3n) is 9.19. The Balaban J connectivity index is 1.69. The SMILES string of the molecule is CCCCC1(C)CC[C@H]2C3CCC4=CC(=O)CC[C@]4(C)C3=CC[C@@]21C. The first kappa shape index (κ1) is 17.6. The standard InChI is InChI=1S/C24H36O/c1-5-6-12-22(2)13-10-21-19-8-7-17-16-18(25)9-14-23(17,3)20(19)11-15-24(21,22)4/h11,16,19,21H,5-10,12-15H2,1-4H3/t19?,21-,22?,23-,24-/m0/s1. The van der Waals surface area contributed by atoms with Gasteiger partial charge in [0.2, 0.25) is 0 Å². The molecule has 1 heteroatoms. The predicted octanol–water partition coefficient (Wildman–Crippen LogP) is 6.63. The number of allylic oxidation sites excluding steroid dienone is 4. The molecule has 25 heavy (non-hydrogen) atoms. The molecule has 0 spiro atoms. The quantitative estimate of drug-likeness (QED) is 0.527. The first-order valence-corrected chi connectivity index (χ1v) is 10.8. The van der Waals surface area contributed by atoms with Gasteiger partial charge in [0, 0.05) is 11.8 Å². The van der Waals surface area contributed by atoms with E-state index in [1.54, 1.807) is 5.57 Å². The maximum Gasteiger partial charge on any atom is 0.155 e. The van der Waals surface area contributed by atoms with Crippen LogP contribution in [0, 0.1) is 28.1 Å². The van der Waals surface area contributed by atoms with E-state index in [2.05, 4.69) is 33.8 Å². The fraction of sp³-hybridized carbons (Fsp3) is 0.792. The first-order valence-electron chi connectivity index (χ1n) is 10.8. The van der Waals surface area contributed by atoms with Gasteiger partial charge in [-0.1, -0.05) is 57.8 Å². The summed E-state index contributed by atoms with van der Waals surface area (Å²) in [6.07, 6.45) is 17.1. The van der Waals surface area contributed by atoms with Crippen LogP contribution < -0.4 is 0 Å². The zero-order valence-corrected chi connectivity index (χ0v) is 16.8. The molecule has 0 radical (unpaired) electrons. The van der Waals surface area contributed by atoms with Gasteiger partial charge in [0.05, 0.1) is 0 Å². The van der Waals surface area contributed by atoms with Crippen LogP contribution in [-0.2, 0) is 4.79 Å². The van der Waals surface area contributed by atoms with E-state index in [1.165, 1.54) is 50.5 Å². The van der Waals surface area contributed by atoms with E-state index in [9.17, 15) is 4.79 Å². The molecule has 1 nitrogen and oxygen atoms in total. The smallest absolute Gasteiger partial charge is 0.155 e. The van der Waals surface area contributed by atoms with Crippen LogP contribution in [0.15, 0.2) is 23.3 Å². The normalized spacial score (nSPS) is 46.0. The van der Waals surface area contributed by atoms with Gasteiger partial charge in [-0.05, 0) is 73.7 Å². The van der Waals surface area contributed by atoms with Crippen LogP contribution in [0.2, 0.25) is 0 Å². The lowest BCUT2D eigenvalue weighted by Gasteiger charge is -2.55. The number of hydrogen-bond donors (Lipinski definition) is 0. The predicted molar refractivity (Wildman–Crippen MR) is 104 cm³/mol. The molecule has 0 saturated heterocycles. The molecular formula is C24H36O. The number of carbonyl (C=O) groups is 1. The molecule has 4 aliphatic carbocycles. The van der Waals surface area contributed by atoms with Crippen molar-refractivity contribution in [3.63, 3.8) is 0 Å². The Morgan fingerprint density at radius 3 is 2.68 bits per heavy atom. The highest BCUT2D eigenvalue weighted by atomic mass is 16.1. The first-order chi connectivity index (χ1) is 11.8. The Morgan fingerprint density at radius 1 is 1.12 bits per heavy atom. The number of fused-ring (bicyclic) bond motifs is 5. The summed E-state index contributed by atoms with van der Waals surface area (Å²) in [6.45, 7) is 9.98. The summed E-state index contributed by atoms with van der Waals surface area (Å²) < 4.78 is 0. The van der Waals surface area contributed by atoms with Crippen molar-refractivity contribution >= 4 is 5.78 Å². The lowest BCUT2D eigenvalue weighted by Crippen LogP contribution is -2.46. The third-order valence-corrected chi connectivity index (χ3v) is 9.19. The molecule has 2 saturated carbocycles. The number of carbonyl (C=O) groups excluding carboxylic acids is 1. The Bertz CT molecular complexity index is 640. The van der Waals surface area contributed by atoms with Gasteiger partial charge in [0.1, 0.15) is 0 Å². The number of unbranched alkanes of at least 4 members (excludes halogenated alkanes) is 1. The van der Waals surface area contributed by atoms with Crippen LogP contribution >= 0.6 is 0 Å². The molecule has 2 unspecified atom stereocenters. The van der Waals surface area contributed by atoms with Crippen molar-refractivity contribution in [2.45, 2.75) is 91.9 Å². The molecule has 4 rings (SSSR count). The summed E-state index contributed by atoms with van der Waals surface area (Å²) in [5.41, 5.74) is 4.37. The topological polar surface area (TPSA) is 17.1 Å². The fourth-order valence-corrected chi connectivity index (χ4v) is 7.18. The monoisotopic (exact) mass is 340 g/mol. The van der Waals surface area contributed by atoms with Gasteiger partial charge >= 0.3 is 0 Å². The largest absolute Gasteiger partial charge is 0.295 e. The lowest BCUT2D eigenvalue weighted by molar-refractivity contribution is -0.115. The molecule has 0 aromatic rings. The van der Waals surface area contributed by atoms with E-state index in [0.717, 1.165) is 31.1 Å². The minimum atomic E-state index is 0.195. The molecule has 0 heterocycles. The molecule has 0 amide bonds. The van der Waals surface area contributed by atoms with E-state index in [4.69, 9.17) is 0 Å². The van der Waals surface area contributed by atoms with Crippen LogP contribution in [0.1, 0.15) is 91.9 Å². The molecule has 5 atom stereocenters. The maximum atomic E-state index is 11.9. The van der Waals surface area contributed by atoms with E-state index in [1.807, 2.05) is 6.08 Å². The van der Waals surface area contributed by atoms with Gasteiger partial charge in [-0.3, -0.25) is 4.79 Å². The molecule has 0 bridgehead atoms.